The zero-order valence-corrected chi connectivity index (χ0v) is 12.8. The number of rotatable bonds is 2. The number of fused-ring (bicyclic) bond motifs is 1. The van der Waals surface area contributed by atoms with Gasteiger partial charge in [0.15, 0.2) is 0 Å². The Morgan fingerprint density at radius 1 is 1.13 bits per heavy atom. The summed E-state index contributed by atoms with van der Waals surface area (Å²) in [6.07, 6.45) is 0. The Kier molecular flexibility index (Phi) is 3.09. The molecule has 0 spiro atoms. The largest absolute Gasteiger partial charge is 0.509 e. The van der Waals surface area contributed by atoms with Gasteiger partial charge in [-0.1, -0.05) is 35.9 Å². The lowest BCUT2D eigenvalue weighted by Gasteiger charge is -2.19. The van der Waals surface area contributed by atoms with Crippen molar-refractivity contribution in [3.63, 3.8) is 0 Å². The second-order valence-electron chi connectivity index (χ2n) is 5.31. The molecule has 114 valence electrons. The van der Waals surface area contributed by atoms with Crippen LogP contribution >= 0.6 is 11.6 Å². The number of imidazole rings is 1. The predicted molar refractivity (Wildman–Crippen MR) is 92.2 cm³/mol. The molecule has 0 aliphatic carbocycles. The zero-order chi connectivity index (χ0) is 16.0. The molecular formula is C17H13ClN4O. The quantitative estimate of drug-likeness (QED) is 0.667. The van der Waals surface area contributed by atoms with Gasteiger partial charge in [0.05, 0.1) is 33.9 Å². The zero-order valence-electron chi connectivity index (χ0n) is 12.0. The van der Waals surface area contributed by atoms with Crippen molar-refractivity contribution in [2.75, 3.05) is 11.4 Å². The van der Waals surface area contributed by atoms with E-state index in [1.807, 2.05) is 42.5 Å². The maximum atomic E-state index is 10.4. The molecule has 0 amide bonds. The maximum absolute atomic E-state index is 10.4. The van der Waals surface area contributed by atoms with E-state index in [4.69, 9.17) is 17.0 Å². The van der Waals surface area contributed by atoms with Crippen molar-refractivity contribution in [2.24, 2.45) is 0 Å². The van der Waals surface area contributed by atoms with E-state index >= 15 is 0 Å². The van der Waals surface area contributed by atoms with E-state index in [9.17, 15) is 5.11 Å². The summed E-state index contributed by atoms with van der Waals surface area (Å²) in [5, 5.41) is 19.3. The molecular weight excluding hydrogens is 312 g/mol. The van der Waals surface area contributed by atoms with Gasteiger partial charge < -0.3 is 15.0 Å². The second kappa shape index (κ2) is 5.14. The first-order valence-electron chi connectivity index (χ1n) is 7.13. The Labute approximate surface area is 137 Å². The third kappa shape index (κ3) is 2.17. The van der Waals surface area contributed by atoms with Crippen molar-refractivity contribution in [1.29, 1.82) is 5.41 Å². The van der Waals surface area contributed by atoms with Gasteiger partial charge in [-0.15, -0.1) is 0 Å². The number of hydrogen-bond donors (Lipinski definition) is 3. The lowest BCUT2D eigenvalue weighted by molar-refractivity contribution is 0.411. The average Bonchev–Trinajstić information content (AvgIpc) is 3.08. The van der Waals surface area contributed by atoms with Gasteiger partial charge in [-0.3, -0.25) is 5.41 Å². The van der Waals surface area contributed by atoms with Crippen LogP contribution in [0.25, 0.3) is 16.6 Å². The normalized spacial score (nSPS) is 15.0. The smallest absolute Gasteiger partial charge is 0.145 e. The molecule has 1 aliphatic rings. The van der Waals surface area contributed by atoms with Crippen LogP contribution in [0.2, 0.25) is 5.02 Å². The van der Waals surface area contributed by atoms with E-state index in [-0.39, 0.29) is 18.1 Å². The summed E-state index contributed by atoms with van der Waals surface area (Å²) in [6, 6.07) is 14.9. The number of aromatic amines is 1. The highest BCUT2D eigenvalue weighted by Gasteiger charge is 2.32. The minimum absolute atomic E-state index is 0.106. The van der Waals surface area contributed by atoms with Crippen LogP contribution in [0, 0.1) is 5.41 Å². The van der Waals surface area contributed by atoms with Crippen molar-refractivity contribution in [1.82, 2.24) is 9.97 Å². The number of nitrogens with zero attached hydrogens (tertiary/aromatic N) is 2. The lowest BCUT2D eigenvalue weighted by Crippen LogP contribution is -2.26. The SMILES string of the molecule is N=C1C(c2nc3ccccc3[nH]2)=C(O)CN1c1ccccc1Cl. The van der Waals surface area contributed by atoms with Crippen molar-refractivity contribution in [2.45, 2.75) is 0 Å². The Hall–Kier alpha value is -2.79. The number of anilines is 1. The molecule has 3 N–H and O–H groups in total. The number of nitrogens with one attached hydrogen (secondary N) is 2. The number of benzene rings is 2. The highest BCUT2D eigenvalue weighted by molar-refractivity contribution is 6.36. The Balaban J connectivity index is 1.76. The maximum Gasteiger partial charge on any atom is 0.145 e. The van der Waals surface area contributed by atoms with Gasteiger partial charge in [-0.2, -0.15) is 0 Å². The molecule has 1 aromatic heterocycles. The first-order valence-corrected chi connectivity index (χ1v) is 7.51. The van der Waals surface area contributed by atoms with Crippen LogP contribution in [0.15, 0.2) is 54.3 Å². The van der Waals surface area contributed by atoms with Crippen molar-refractivity contribution >= 4 is 39.7 Å². The number of hydrogen-bond acceptors (Lipinski definition) is 3. The van der Waals surface area contributed by atoms with E-state index in [0.717, 1.165) is 11.0 Å². The first-order chi connectivity index (χ1) is 11.1. The van der Waals surface area contributed by atoms with Crippen molar-refractivity contribution < 1.29 is 5.11 Å². The highest BCUT2D eigenvalue weighted by Crippen LogP contribution is 2.34. The van der Waals surface area contributed by atoms with Gasteiger partial charge in [0.1, 0.15) is 17.4 Å². The molecule has 2 heterocycles. The van der Waals surface area contributed by atoms with Gasteiger partial charge in [0.2, 0.25) is 0 Å². The van der Waals surface area contributed by atoms with Crippen LogP contribution in [0.3, 0.4) is 0 Å². The van der Waals surface area contributed by atoms with Crippen molar-refractivity contribution in [3.05, 3.63) is 65.1 Å². The minimum atomic E-state index is 0.106. The molecule has 1 aliphatic heterocycles. The summed E-state index contributed by atoms with van der Waals surface area (Å²) in [7, 11) is 0. The van der Waals surface area contributed by atoms with Crippen LogP contribution in [0.4, 0.5) is 5.69 Å². The molecule has 6 heteroatoms. The second-order valence-corrected chi connectivity index (χ2v) is 5.72. The molecule has 0 saturated heterocycles. The molecule has 23 heavy (non-hydrogen) atoms. The molecule has 0 fully saturated rings. The standard InChI is InChI=1S/C17H13ClN4O/c18-10-5-1-4-8-13(10)22-9-14(23)15(16(22)19)17-20-11-6-2-3-7-12(11)21-17/h1-8,19,23H,9H2,(H,20,21). The molecule has 5 nitrogen and oxygen atoms in total. The fraction of sp³-hybridized carbons (Fsp3) is 0.0588. The predicted octanol–water partition coefficient (Wildman–Crippen LogP) is 3.98. The fourth-order valence-corrected chi connectivity index (χ4v) is 3.01. The molecule has 0 radical (unpaired) electrons. The average molecular weight is 325 g/mol. The number of aliphatic hydroxyl groups excluding tert-OH is 1. The van der Waals surface area contributed by atoms with Gasteiger partial charge >= 0.3 is 0 Å². The summed E-state index contributed by atoms with van der Waals surface area (Å²) in [5.74, 6) is 0.770. The van der Waals surface area contributed by atoms with Gasteiger partial charge in [0, 0.05) is 0 Å². The van der Waals surface area contributed by atoms with E-state index in [2.05, 4.69) is 9.97 Å². The molecule has 2 aromatic carbocycles. The van der Waals surface area contributed by atoms with E-state index in [1.54, 1.807) is 11.0 Å². The van der Waals surface area contributed by atoms with Crippen LogP contribution < -0.4 is 4.90 Å². The monoisotopic (exact) mass is 324 g/mol. The molecule has 0 unspecified atom stereocenters. The molecule has 0 bridgehead atoms. The third-order valence-corrected chi connectivity index (χ3v) is 4.19. The summed E-state index contributed by atoms with van der Waals surface area (Å²) >= 11 is 6.21. The summed E-state index contributed by atoms with van der Waals surface area (Å²) < 4.78 is 0. The van der Waals surface area contributed by atoms with Crippen LogP contribution in [-0.4, -0.2) is 27.5 Å². The number of H-pyrrole nitrogens is 1. The third-order valence-electron chi connectivity index (χ3n) is 3.87. The van der Waals surface area contributed by atoms with E-state index < -0.39 is 0 Å². The number of aromatic nitrogens is 2. The van der Waals surface area contributed by atoms with Crippen LogP contribution in [0.1, 0.15) is 5.82 Å². The van der Waals surface area contributed by atoms with Crippen molar-refractivity contribution in [3.8, 4) is 0 Å². The Morgan fingerprint density at radius 3 is 2.65 bits per heavy atom. The molecule has 0 saturated carbocycles. The van der Waals surface area contributed by atoms with E-state index in [0.29, 0.717) is 22.1 Å². The molecule has 0 atom stereocenters. The van der Waals surface area contributed by atoms with Gasteiger partial charge in [-0.25, -0.2) is 4.98 Å². The minimum Gasteiger partial charge on any atom is -0.509 e. The lowest BCUT2D eigenvalue weighted by atomic mass is 10.2. The Morgan fingerprint density at radius 2 is 1.87 bits per heavy atom. The molecule has 3 aromatic rings. The number of amidine groups is 1. The number of aliphatic hydroxyl groups is 1. The van der Waals surface area contributed by atoms with E-state index in [1.165, 1.54) is 0 Å². The topological polar surface area (TPSA) is 76.0 Å². The highest BCUT2D eigenvalue weighted by atomic mass is 35.5. The fourth-order valence-electron chi connectivity index (χ4n) is 2.78. The Bertz CT molecular complexity index is 927. The van der Waals surface area contributed by atoms with Crippen LogP contribution in [0.5, 0.6) is 0 Å². The molecule has 4 rings (SSSR count). The first kappa shape index (κ1) is 13.8. The van der Waals surface area contributed by atoms with Gasteiger partial charge in [-0.05, 0) is 24.3 Å². The van der Waals surface area contributed by atoms with Crippen LogP contribution in [-0.2, 0) is 0 Å². The summed E-state index contributed by atoms with van der Waals surface area (Å²) in [5.41, 5.74) is 2.76. The number of halogens is 1. The number of para-hydroxylation sites is 3. The summed E-state index contributed by atoms with van der Waals surface area (Å²) in [4.78, 5) is 9.29. The summed E-state index contributed by atoms with van der Waals surface area (Å²) in [6.45, 7) is 0.203. The van der Waals surface area contributed by atoms with Gasteiger partial charge in [0.25, 0.3) is 0 Å².